The van der Waals surface area contributed by atoms with Gasteiger partial charge in [-0.3, -0.25) is 19.5 Å². The average Bonchev–Trinajstić information content (AvgIpc) is 3.07. The van der Waals surface area contributed by atoms with Crippen LogP contribution < -0.4 is 9.47 Å². The number of imide groups is 1. The summed E-state index contributed by atoms with van der Waals surface area (Å²) in [4.78, 5) is 30.9. The molecular formula is C24H17BrClFN2O4S. The third-order valence-corrected chi connectivity index (χ3v) is 6.71. The van der Waals surface area contributed by atoms with E-state index in [0.29, 0.717) is 27.1 Å². The fraction of sp³-hybridized carbons (Fsp3) is 0.125. The molecule has 0 aliphatic carbocycles. The molecule has 3 aromatic rings. The highest BCUT2D eigenvalue weighted by Crippen LogP contribution is 2.40. The van der Waals surface area contributed by atoms with Crippen molar-refractivity contribution in [3.63, 3.8) is 0 Å². The van der Waals surface area contributed by atoms with E-state index in [1.54, 1.807) is 24.4 Å². The molecule has 0 unspecified atom stereocenters. The number of carbonyl (C=O) groups is 2. The number of benzene rings is 2. The van der Waals surface area contributed by atoms with Crippen LogP contribution >= 0.6 is 39.3 Å². The Hall–Kier alpha value is -2.88. The molecule has 0 radical (unpaired) electrons. The van der Waals surface area contributed by atoms with Gasteiger partial charge in [-0.05, 0) is 81.3 Å². The molecule has 1 aromatic heterocycles. The van der Waals surface area contributed by atoms with Gasteiger partial charge in [0.15, 0.2) is 11.5 Å². The standard InChI is InChI=1S/C24H17BrClFN2O4S/c1-32-20-9-14(8-18(25)22(20)33-13-17-4-2-3-7-28-17)10-21-23(30)29(24(31)34-21)12-15-5-6-16(27)11-19(15)26/h2-11H,12-13H2,1H3/b21-10-. The molecule has 0 spiro atoms. The van der Waals surface area contributed by atoms with Gasteiger partial charge in [-0.2, -0.15) is 0 Å². The SMILES string of the molecule is COc1cc(/C=C2\SC(=O)N(Cc3ccc(F)cc3Cl)C2=O)cc(Br)c1OCc1ccccn1. The predicted molar refractivity (Wildman–Crippen MR) is 132 cm³/mol. The lowest BCUT2D eigenvalue weighted by molar-refractivity contribution is -0.123. The molecule has 0 N–H and O–H groups in total. The number of rotatable bonds is 7. The molecule has 1 fully saturated rings. The van der Waals surface area contributed by atoms with Crippen LogP contribution in [0.1, 0.15) is 16.8 Å². The van der Waals surface area contributed by atoms with Crippen LogP contribution in [0.25, 0.3) is 6.08 Å². The van der Waals surface area contributed by atoms with Gasteiger partial charge in [0.2, 0.25) is 0 Å². The summed E-state index contributed by atoms with van der Waals surface area (Å²) in [6, 6.07) is 12.9. The lowest BCUT2D eigenvalue weighted by atomic mass is 10.1. The highest BCUT2D eigenvalue weighted by molar-refractivity contribution is 9.10. The molecule has 2 aromatic carbocycles. The molecule has 1 aliphatic rings. The van der Waals surface area contributed by atoms with Crippen LogP contribution in [0.5, 0.6) is 11.5 Å². The lowest BCUT2D eigenvalue weighted by Gasteiger charge is -2.14. The summed E-state index contributed by atoms with van der Waals surface area (Å²) >= 11 is 10.4. The van der Waals surface area contributed by atoms with Crippen LogP contribution in [0.2, 0.25) is 5.02 Å². The molecule has 0 saturated carbocycles. The number of hydrogen-bond donors (Lipinski definition) is 0. The van der Waals surface area contributed by atoms with Gasteiger partial charge in [-0.15, -0.1) is 0 Å². The summed E-state index contributed by atoms with van der Waals surface area (Å²) in [6.07, 6.45) is 3.29. The van der Waals surface area contributed by atoms with E-state index in [1.807, 2.05) is 18.2 Å². The largest absolute Gasteiger partial charge is 0.493 e. The zero-order valence-corrected chi connectivity index (χ0v) is 20.9. The first-order valence-corrected chi connectivity index (χ1v) is 11.9. The van der Waals surface area contributed by atoms with E-state index in [9.17, 15) is 14.0 Å². The summed E-state index contributed by atoms with van der Waals surface area (Å²) in [5.41, 5.74) is 1.88. The Morgan fingerprint density at radius 3 is 2.74 bits per heavy atom. The first-order chi connectivity index (χ1) is 16.4. The van der Waals surface area contributed by atoms with Crippen molar-refractivity contribution >= 4 is 56.5 Å². The minimum atomic E-state index is -0.491. The third-order valence-electron chi connectivity index (χ3n) is 4.86. The Balaban J connectivity index is 1.54. The Morgan fingerprint density at radius 1 is 1.21 bits per heavy atom. The van der Waals surface area contributed by atoms with Gasteiger partial charge in [0.1, 0.15) is 12.4 Å². The fourth-order valence-corrected chi connectivity index (χ4v) is 4.84. The number of pyridine rings is 1. The number of thioether (sulfide) groups is 1. The van der Waals surface area contributed by atoms with Gasteiger partial charge >= 0.3 is 0 Å². The molecule has 0 bridgehead atoms. The Labute approximate surface area is 212 Å². The van der Waals surface area contributed by atoms with E-state index in [2.05, 4.69) is 20.9 Å². The maximum atomic E-state index is 13.3. The van der Waals surface area contributed by atoms with Crippen molar-refractivity contribution in [3.8, 4) is 11.5 Å². The van der Waals surface area contributed by atoms with E-state index < -0.39 is 17.0 Å². The van der Waals surface area contributed by atoms with Crippen molar-refractivity contribution in [1.82, 2.24) is 9.88 Å². The van der Waals surface area contributed by atoms with Crippen molar-refractivity contribution in [2.45, 2.75) is 13.2 Å². The maximum Gasteiger partial charge on any atom is 0.293 e. The molecule has 1 aliphatic heterocycles. The minimum Gasteiger partial charge on any atom is -0.493 e. The highest BCUT2D eigenvalue weighted by atomic mass is 79.9. The van der Waals surface area contributed by atoms with Gasteiger partial charge in [-0.25, -0.2) is 4.39 Å². The monoisotopic (exact) mass is 562 g/mol. The van der Waals surface area contributed by atoms with Crippen molar-refractivity contribution in [2.75, 3.05) is 7.11 Å². The van der Waals surface area contributed by atoms with E-state index in [1.165, 1.54) is 19.2 Å². The summed E-state index contributed by atoms with van der Waals surface area (Å²) < 4.78 is 25.3. The van der Waals surface area contributed by atoms with Crippen molar-refractivity contribution in [3.05, 3.63) is 91.8 Å². The Kier molecular flexibility index (Phi) is 7.55. The van der Waals surface area contributed by atoms with Crippen LogP contribution in [-0.2, 0) is 17.9 Å². The zero-order valence-electron chi connectivity index (χ0n) is 17.8. The summed E-state index contributed by atoms with van der Waals surface area (Å²) in [5.74, 6) is -0.00559. The number of amides is 2. The van der Waals surface area contributed by atoms with E-state index in [0.717, 1.165) is 28.4 Å². The number of ether oxygens (including phenoxy) is 2. The molecule has 174 valence electrons. The summed E-state index contributed by atoms with van der Waals surface area (Å²) in [5, 5.41) is -0.282. The van der Waals surface area contributed by atoms with Gasteiger partial charge in [0.05, 0.1) is 28.7 Å². The average molecular weight is 564 g/mol. The predicted octanol–water partition coefficient (Wildman–Crippen LogP) is 6.46. The maximum absolute atomic E-state index is 13.3. The molecule has 4 rings (SSSR count). The fourth-order valence-electron chi connectivity index (χ4n) is 3.20. The van der Waals surface area contributed by atoms with Gasteiger partial charge < -0.3 is 9.47 Å². The van der Waals surface area contributed by atoms with Gasteiger partial charge in [-0.1, -0.05) is 23.7 Å². The first-order valence-electron chi connectivity index (χ1n) is 9.95. The normalized spacial score (nSPS) is 14.7. The van der Waals surface area contributed by atoms with Crippen LogP contribution in [0.15, 0.2) is 64.1 Å². The smallest absolute Gasteiger partial charge is 0.293 e. The van der Waals surface area contributed by atoms with Crippen LogP contribution in [-0.4, -0.2) is 28.1 Å². The second kappa shape index (κ2) is 10.6. The van der Waals surface area contributed by atoms with Crippen molar-refractivity contribution in [1.29, 1.82) is 0 Å². The lowest BCUT2D eigenvalue weighted by Crippen LogP contribution is -2.27. The molecule has 2 amide bonds. The van der Waals surface area contributed by atoms with Crippen LogP contribution in [0.4, 0.5) is 9.18 Å². The van der Waals surface area contributed by atoms with Gasteiger partial charge in [0.25, 0.3) is 11.1 Å². The molecule has 6 nitrogen and oxygen atoms in total. The highest BCUT2D eigenvalue weighted by Gasteiger charge is 2.35. The van der Waals surface area contributed by atoms with Crippen LogP contribution in [0, 0.1) is 5.82 Å². The van der Waals surface area contributed by atoms with Crippen molar-refractivity contribution < 1.29 is 23.5 Å². The second-order valence-electron chi connectivity index (χ2n) is 7.15. The molecular weight excluding hydrogens is 547 g/mol. The number of nitrogens with zero attached hydrogens (tertiary/aromatic N) is 2. The number of hydrogen-bond acceptors (Lipinski definition) is 6. The number of aromatic nitrogens is 1. The quantitative estimate of drug-likeness (QED) is 0.307. The summed E-state index contributed by atoms with van der Waals surface area (Å²) in [6.45, 7) is 0.203. The minimum absolute atomic E-state index is 0.0472. The summed E-state index contributed by atoms with van der Waals surface area (Å²) in [7, 11) is 1.51. The van der Waals surface area contributed by atoms with Crippen molar-refractivity contribution in [2.24, 2.45) is 0 Å². The van der Waals surface area contributed by atoms with E-state index in [4.69, 9.17) is 21.1 Å². The van der Waals surface area contributed by atoms with E-state index in [-0.39, 0.29) is 23.1 Å². The van der Waals surface area contributed by atoms with Gasteiger partial charge in [0, 0.05) is 11.2 Å². The topological polar surface area (TPSA) is 68.7 Å². The zero-order chi connectivity index (χ0) is 24.2. The first kappa shape index (κ1) is 24.3. The number of halogens is 3. The Bertz CT molecular complexity index is 1290. The molecule has 2 heterocycles. The van der Waals surface area contributed by atoms with E-state index >= 15 is 0 Å². The molecule has 34 heavy (non-hydrogen) atoms. The Morgan fingerprint density at radius 2 is 2.03 bits per heavy atom. The molecule has 1 saturated heterocycles. The second-order valence-corrected chi connectivity index (χ2v) is 9.40. The number of carbonyl (C=O) groups excluding carboxylic acids is 2. The molecule has 10 heteroatoms. The molecule has 0 atom stereocenters. The number of methoxy groups -OCH3 is 1. The third kappa shape index (κ3) is 5.43. The van der Waals surface area contributed by atoms with Crippen LogP contribution in [0.3, 0.4) is 0 Å².